The number of nitrogens with zero attached hydrogens (tertiary/aromatic N) is 2. The fourth-order valence-electron chi connectivity index (χ4n) is 2.75. The first-order valence-corrected chi connectivity index (χ1v) is 6.45. The topological polar surface area (TPSA) is 29.3 Å². The Bertz CT molecular complexity index is 531. The first-order chi connectivity index (χ1) is 8.75. The molecule has 3 rings (SSSR count). The molecule has 1 aromatic carbocycles. The standard InChI is InChI=1S/C15H18N2O/c1-17(2)15-13-10-12(8-9-14(13)16-18-15)11-6-4-3-5-7-11/h3-7,12H,8-10H2,1-2H3. The van der Waals surface area contributed by atoms with Crippen LogP contribution in [0.1, 0.15) is 29.2 Å². The second-order valence-electron chi connectivity index (χ2n) is 5.16. The Kier molecular flexibility index (Phi) is 2.82. The summed E-state index contributed by atoms with van der Waals surface area (Å²) in [6.07, 6.45) is 3.22. The number of hydrogen-bond acceptors (Lipinski definition) is 3. The minimum Gasteiger partial charge on any atom is -0.347 e. The Morgan fingerprint density at radius 1 is 1.22 bits per heavy atom. The molecule has 0 bridgehead atoms. The Morgan fingerprint density at radius 3 is 2.72 bits per heavy atom. The lowest BCUT2D eigenvalue weighted by atomic mass is 9.83. The molecule has 0 saturated carbocycles. The monoisotopic (exact) mass is 242 g/mol. The molecule has 0 saturated heterocycles. The van der Waals surface area contributed by atoms with Crippen molar-refractivity contribution in [2.75, 3.05) is 19.0 Å². The highest BCUT2D eigenvalue weighted by atomic mass is 16.5. The van der Waals surface area contributed by atoms with E-state index in [1.54, 1.807) is 0 Å². The van der Waals surface area contributed by atoms with Crippen LogP contribution in [0.2, 0.25) is 0 Å². The van der Waals surface area contributed by atoms with Crippen molar-refractivity contribution in [2.45, 2.75) is 25.2 Å². The number of rotatable bonds is 2. The van der Waals surface area contributed by atoms with Crippen molar-refractivity contribution < 1.29 is 4.52 Å². The number of benzene rings is 1. The van der Waals surface area contributed by atoms with Crippen LogP contribution in [0.5, 0.6) is 0 Å². The summed E-state index contributed by atoms with van der Waals surface area (Å²) < 4.78 is 5.44. The van der Waals surface area contributed by atoms with Gasteiger partial charge in [0.1, 0.15) is 0 Å². The van der Waals surface area contributed by atoms with Crippen molar-refractivity contribution in [3.63, 3.8) is 0 Å². The number of aromatic nitrogens is 1. The minimum atomic E-state index is 0.594. The molecule has 1 heterocycles. The van der Waals surface area contributed by atoms with Gasteiger partial charge in [-0.3, -0.25) is 0 Å². The van der Waals surface area contributed by atoms with E-state index < -0.39 is 0 Å². The average Bonchev–Trinajstić information content (AvgIpc) is 2.82. The van der Waals surface area contributed by atoms with Gasteiger partial charge in [0.15, 0.2) is 0 Å². The molecular weight excluding hydrogens is 224 g/mol. The molecule has 0 aliphatic heterocycles. The molecule has 1 aliphatic rings. The second kappa shape index (κ2) is 4.48. The van der Waals surface area contributed by atoms with Gasteiger partial charge in [0.05, 0.1) is 5.69 Å². The summed E-state index contributed by atoms with van der Waals surface area (Å²) >= 11 is 0. The lowest BCUT2D eigenvalue weighted by Crippen LogP contribution is -2.16. The molecule has 1 atom stereocenters. The summed E-state index contributed by atoms with van der Waals surface area (Å²) in [7, 11) is 4.01. The zero-order chi connectivity index (χ0) is 12.5. The fraction of sp³-hybridized carbons (Fsp3) is 0.400. The van der Waals surface area contributed by atoms with Crippen LogP contribution in [0, 0.1) is 0 Å². The quantitative estimate of drug-likeness (QED) is 0.810. The molecule has 1 aromatic heterocycles. The van der Waals surface area contributed by atoms with Crippen LogP contribution in [0.15, 0.2) is 34.9 Å². The maximum Gasteiger partial charge on any atom is 0.230 e. The normalized spacial score (nSPS) is 18.4. The van der Waals surface area contributed by atoms with Gasteiger partial charge in [0.2, 0.25) is 5.88 Å². The van der Waals surface area contributed by atoms with Gasteiger partial charge in [-0.1, -0.05) is 35.5 Å². The van der Waals surface area contributed by atoms with Crippen LogP contribution in [0.4, 0.5) is 5.88 Å². The van der Waals surface area contributed by atoms with E-state index in [0.717, 1.165) is 30.8 Å². The van der Waals surface area contributed by atoms with Gasteiger partial charge < -0.3 is 9.42 Å². The third kappa shape index (κ3) is 1.90. The van der Waals surface area contributed by atoms with Gasteiger partial charge in [-0.25, -0.2) is 0 Å². The van der Waals surface area contributed by atoms with Crippen molar-refractivity contribution in [1.29, 1.82) is 0 Å². The smallest absolute Gasteiger partial charge is 0.230 e. The van der Waals surface area contributed by atoms with E-state index >= 15 is 0 Å². The maximum absolute atomic E-state index is 5.44. The molecule has 3 heteroatoms. The number of aryl methyl sites for hydroxylation is 1. The summed E-state index contributed by atoms with van der Waals surface area (Å²) in [5, 5.41) is 4.19. The molecule has 2 aromatic rings. The van der Waals surface area contributed by atoms with Gasteiger partial charge in [0, 0.05) is 19.7 Å². The predicted molar refractivity (Wildman–Crippen MR) is 72.0 cm³/mol. The fourth-order valence-corrected chi connectivity index (χ4v) is 2.75. The predicted octanol–water partition coefficient (Wildman–Crippen LogP) is 3.01. The Morgan fingerprint density at radius 2 is 2.00 bits per heavy atom. The number of hydrogen-bond donors (Lipinski definition) is 0. The molecule has 0 fully saturated rings. The van der Waals surface area contributed by atoms with E-state index in [9.17, 15) is 0 Å². The molecule has 18 heavy (non-hydrogen) atoms. The van der Waals surface area contributed by atoms with Crippen molar-refractivity contribution in [2.24, 2.45) is 0 Å². The minimum absolute atomic E-state index is 0.594. The van der Waals surface area contributed by atoms with Crippen LogP contribution in [-0.4, -0.2) is 19.3 Å². The molecule has 3 nitrogen and oxygen atoms in total. The van der Waals surface area contributed by atoms with Gasteiger partial charge in [-0.15, -0.1) is 0 Å². The Balaban J connectivity index is 1.90. The van der Waals surface area contributed by atoms with Crippen LogP contribution in [0.3, 0.4) is 0 Å². The van der Waals surface area contributed by atoms with Gasteiger partial charge in [-0.05, 0) is 30.7 Å². The van der Waals surface area contributed by atoms with E-state index in [-0.39, 0.29) is 0 Å². The number of anilines is 1. The van der Waals surface area contributed by atoms with Crippen LogP contribution in [-0.2, 0) is 12.8 Å². The summed E-state index contributed by atoms with van der Waals surface area (Å²) in [5.74, 6) is 1.52. The van der Waals surface area contributed by atoms with Crippen LogP contribution >= 0.6 is 0 Å². The van der Waals surface area contributed by atoms with Crippen molar-refractivity contribution in [3.8, 4) is 0 Å². The molecule has 0 radical (unpaired) electrons. The molecule has 0 amide bonds. The average molecular weight is 242 g/mol. The summed E-state index contributed by atoms with van der Waals surface area (Å²) in [4.78, 5) is 2.01. The van der Waals surface area contributed by atoms with Crippen molar-refractivity contribution in [3.05, 3.63) is 47.2 Å². The highest BCUT2D eigenvalue weighted by Gasteiger charge is 2.27. The SMILES string of the molecule is CN(C)c1onc2c1CC(c1ccccc1)CC2. The molecule has 0 spiro atoms. The summed E-state index contributed by atoms with van der Waals surface area (Å²) in [6.45, 7) is 0. The van der Waals surface area contributed by atoms with Crippen molar-refractivity contribution in [1.82, 2.24) is 5.16 Å². The third-order valence-electron chi connectivity index (χ3n) is 3.71. The van der Waals surface area contributed by atoms with Gasteiger partial charge in [-0.2, -0.15) is 0 Å². The van der Waals surface area contributed by atoms with Crippen LogP contribution < -0.4 is 4.90 Å². The lowest BCUT2D eigenvalue weighted by molar-refractivity contribution is 0.415. The Hall–Kier alpha value is -1.77. The molecule has 1 unspecified atom stereocenters. The first kappa shape index (κ1) is 11.3. The molecule has 94 valence electrons. The third-order valence-corrected chi connectivity index (χ3v) is 3.71. The van der Waals surface area contributed by atoms with E-state index in [1.807, 2.05) is 19.0 Å². The van der Waals surface area contributed by atoms with E-state index in [4.69, 9.17) is 4.52 Å². The van der Waals surface area contributed by atoms with Gasteiger partial charge in [0.25, 0.3) is 0 Å². The molecule has 0 N–H and O–H groups in total. The zero-order valence-electron chi connectivity index (χ0n) is 10.9. The number of fused-ring (bicyclic) bond motifs is 1. The van der Waals surface area contributed by atoms with Crippen LogP contribution in [0.25, 0.3) is 0 Å². The van der Waals surface area contributed by atoms with E-state index in [0.29, 0.717) is 5.92 Å². The molecule has 1 aliphatic carbocycles. The summed E-state index contributed by atoms with van der Waals surface area (Å²) in [6, 6.07) is 10.7. The zero-order valence-corrected chi connectivity index (χ0v) is 10.9. The maximum atomic E-state index is 5.44. The van der Waals surface area contributed by atoms with E-state index in [2.05, 4.69) is 35.5 Å². The second-order valence-corrected chi connectivity index (χ2v) is 5.16. The Labute approximate surface area is 107 Å². The first-order valence-electron chi connectivity index (χ1n) is 6.45. The van der Waals surface area contributed by atoms with Crippen molar-refractivity contribution >= 4 is 5.88 Å². The van der Waals surface area contributed by atoms with E-state index in [1.165, 1.54) is 11.1 Å². The largest absolute Gasteiger partial charge is 0.347 e. The van der Waals surface area contributed by atoms with Gasteiger partial charge >= 0.3 is 0 Å². The molecular formula is C15H18N2O. The lowest BCUT2D eigenvalue weighted by Gasteiger charge is -2.22. The highest BCUT2D eigenvalue weighted by molar-refractivity contribution is 5.47. The summed E-state index contributed by atoms with van der Waals surface area (Å²) in [5.41, 5.74) is 3.86. The highest BCUT2D eigenvalue weighted by Crippen LogP contribution is 2.36.